The summed E-state index contributed by atoms with van der Waals surface area (Å²) in [6.45, 7) is 8.95. The third-order valence-electron chi connectivity index (χ3n) is 9.42. The molecule has 252 valence electrons. The van der Waals surface area contributed by atoms with Crippen LogP contribution in [0.4, 0.5) is 0 Å². The van der Waals surface area contributed by atoms with Crippen molar-refractivity contribution in [2.24, 2.45) is 23.7 Å². The van der Waals surface area contributed by atoms with E-state index >= 15 is 0 Å². The van der Waals surface area contributed by atoms with E-state index in [2.05, 4.69) is 20.1 Å². The maximum absolute atomic E-state index is 13.0. The fourth-order valence-corrected chi connectivity index (χ4v) is 6.74. The first kappa shape index (κ1) is 35.8. The van der Waals surface area contributed by atoms with Crippen molar-refractivity contribution in [3.8, 4) is 28.4 Å². The first-order valence-corrected chi connectivity index (χ1v) is 16.7. The Labute approximate surface area is 278 Å². The number of carbonyl (C=O) groups excluding carboxylic acids is 3. The third-order valence-corrected chi connectivity index (χ3v) is 9.42. The van der Waals surface area contributed by atoms with Gasteiger partial charge in [0.15, 0.2) is 11.5 Å². The second kappa shape index (κ2) is 17.8. The van der Waals surface area contributed by atoms with Crippen LogP contribution in [0.25, 0.3) is 11.1 Å². The normalized spacial score (nSPS) is 21.2. The molecule has 0 saturated heterocycles. The number of hydrogen-bond acceptors (Lipinski definition) is 8. The Morgan fingerprint density at radius 2 is 1.40 bits per heavy atom. The quantitative estimate of drug-likeness (QED) is 0.126. The third kappa shape index (κ3) is 10.5. The number of methoxy groups -OCH3 is 1. The summed E-state index contributed by atoms with van der Waals surface area (Å²) in [4.78, 5) is 37.5. The van der Waals surface area contributed by atoms with Crippen LogP contribution in [-0.2, 0) is 19.1 Å². The average Bonchev–Trinajstić information content (AvgIpc) is 3.09. The Kier molecular flexibility index (Phi) is 13.6. The fourth-order valence-electron chi connectivity index (χ4n) is 6.74. The summed E-state index contributed by atoms with van der Waals surface area (Å²) < 4.78 is 21.4. The summed E-state index contributed by atoms with van der Waals surface area (Å²) in [5, 5.41) is 9.30. The number of carbonyl (C=O) groups is 3. The van der Waals surface area contributed by atoms with E-state index in [0.29, 0.717) is 17.2 Å². The zero-order chi connectivity index (χ0) is 33.8. The van der Waals surface area contributed by atoms with Gasteiger partial charge in [0.05, 0.1) is 24.4 Å². The largest absolute Gasteiger partial charge is 0.423 e. The number of rotatable bonds is 14. The van der Waals surface area contributed by atoms with Crippen LogP contribution in [0.5, 0.6) is 17.2 Å². The number of esters is 3. The zero-order valence-electron chi connectivity index (χ0n) is 27.7. The predicted octanol–water partition coefficient (Wildman–Crippen LogP) is 7.79. The van der Waals surface area contributed by atoms with Crippen LogP contribution in [0.2, 0.25) is 0 Å². The smallest absolute Gasteiger partial charge is 0.341 e. The molecule has 47 heavy (non-hydrogen) atoms. The Bertz CT molecular complexity index is 1420. The van der Waals surface area contributed by atoms with E-state index in [9.17, 15) is 19.5 Å². The van der Waals surface area contributed by atoms with E-state index in [-0.39, 0.29) is 29.3 Å². The second-order valence-electron chi connectivity index (χ2n) is 12.8. The topological polar surface area (TPSA) is 108 Å². The van der Waals surface area contributed by atoms with Gasteiger partial charge in [0.1, 0.15) is 5.75 Å². The molecular weight excluding hydrogens is 596 g/mol. The highest BCUT2D eigenvalue weighted by atomic mass is 16.6. The fraction of sp³-hybridized carbons (Fsp3) is 0.462. The summed E-state index contributed by atoms with van der Waals surface area (Å²) in [6, 6.07) is 11.6. The molecule has 0 amide bonds. The molecule has 0 bridgehead atoms. The van der Waals surface area contributed by atoms with E-state index in [4.69, 9.17) is 18.9 Å². The molecule has 0 aliphatic heterocycles. The first-order chi connectivity index (χ1) is 22.7. The minimum absolute atomic E-state index is 0.0199. The lowest BCUT2D eigenvalue weighted by atomic mass is 9.69. The highest BCUT2D eigenvalue weighted by molar-refractivity contribution is 5.91. The highest BCUT2D eigenvalue weighted by Gasteiger charge is 2.30. The van der Waals surface area contributed by atoms with Gasteiger partial charge in [-0.05, 0) is 97.6 Å². The Hall–Kier alpha value is -4.01. The summed E-state index contributed by atoms with van der Waals surface area (Å²) in [5.41, 5.74) is 1.47. The summed E-state index contributed by atoms with van der Waals surface area (Å²) in [6.07, 6.45) is 16.1. The standard InChI is InChI=1S/C39H48O8/c1-5-6-28-7-12-30(13-8-28)31-14-9-29(10-15-31)11-22-37(41)46-36-23-33(18-21-35(36)47-38(42)26(2)24-40)32-16-19-34(20-17-32)45-39(43)27(3)25-44-4/h11,16-23,28-31,40H,2-3,5-10,12-15,24-25H2,1,4H3/b22-11+. The van der Waals surface area contributed by atoms with Crippen LogP contribution in [0.3, 0.4) is 0 Å². The van der Waals surface area contributed by atoms with Crippen molar-refractivity contribution < 1.29 is 38.4 Å². The van der Waals surface area contributed by atoms with Crippen LogP contribution in [0.1, 0.15) is 71.1 Å². The van der Waals surface area contributed by atoms with Gasteiger partial charge < -0.3 is 24.1 Å². The van der Waals surface area contributed by atoms with E-state index in [1.54, 1.807) is 36.4 Å². The van der Waals surface area contributed by atoms with Crippen molar-refractivity contribution in [3.05, 3.63) is 78.9 Å². The lowest BCUT2D eigenvalue weighted by Gasteiger charge is -2.37. The molecule has 0 heterocycles. The van der Waals surface area contributed by atoms with Crippen LogP contribution in [0, 0.1) is 23.7 Å². The average molecular weight is 645 g/mol. The van der Waals surface area contributed by atoms with Crippen molar-refractivity contribution in [1.29, 1.82) is 0 Å². The van der Waals surface area contributed by atoms with Crippen molar-refractivity contribution in [3.63, 3.8) is 0 Å². The van der Waals surface area contributed by atoms with Crippen molar-refractivity contribution in [2.75, 3.05) is 20.3 Å². The molecule has 2 aliphatic carbocycles. The molecule has 8 heteroatoms. The van der Waals surface area contributed by atoms with Crippen molar-refractivity contribution in [1.82, 2.24) is 0 Å². The summed E-state index contributed by atoms with van der Waals surface area (Å²) in [7, 11) is 1.47. The van der Waals surface area contributed by atoms with Crippen molar-refractivity contribution >= 4 is 17.9 Å². The Morgan fingerprint density at radius 1 is 0.787 bits per heavy atom. The molecule has 0 aromatic heterocycles. The molecular formula is C39H48O8. The van der Waals surface area contributed by atoms with E-state index < -0.39 is 24.5 Å². The molecule has 1 N–H and O–H groups in total. The SMILES string of the molecule is C=C(COC)C(=O)Oc1ccc(-c2ccc(OC(=O)C(=C)CO)c(OC(=O)/C=C/C3CCC(C4CCC(CCC)CC4)CC3)c2)cc1. The minimum atomic E-state index is -0.829. The van der Waals surface area contributed by atoms with Gasteiger partial charge in [-0.25, -0.2) is 14.4 Å². The molecule has 2 aliphatic rings. The van der Waals surface area contributed by atoms with E-state index in [1.807, 2.05) is 6.08 Å². The molecule has 8 nitrogen and oxygen atoms in total. The Morgan fingerprint density at radius 3 is 2.02 bits per heavy atom. The minimum Gasteiger partial charge on any atom is -0.423 e. The first-order valence-electron chi connectivity index (χ1n) is 16.7. The van der Waals surface area contributed by atoms with Gasteiger partial charge in [0.25, 0.3) is 0 Å². The molecule has 0 unspecified atom stereocenters. The molecule has 0 atom stereocenters. The predicted molar refractivity (Wildman–Crippen MR) is 181 cm³/mol. The van der Waals surface area contributed by atoms with E-state index in [0.717, 1.165) is 36.2 Å². The lowest BCUT2D eigenvalue weighted by molar-refractivity contribution is -0.132. The lowest BCUT2D eigenvalue weighted by Crippen LogP contribution is -2.25. The molecule has 2 fully saturated rings. The highest BCUT2D eigenvalue weighted by Crippen LogP contribution is 2.42. The van der Waals surface area contributed by atoms with Crippen LogP contribution >= 0.6 is 0 Å². The van der Waals surface area contributed by atoms with E-state index in [1.165, 1.54) is 70.6 Å². The monoisotopic (exact) mass is 644 g/mol. The maximum atomic E-state index is 13.0. The second-order valence-corrected chi connectivity index (χ2v) is 12.8. The number of benzene rings is 2. The van der Waals surface area contributed by atoms with Crippen LogP contribution < -0.4 is 14.2 Å². The number of allylic oxidation sites excluding steroid dienone is 1. The summed E-state index contributed by atoms with van der Waals surface area (Å²) in [5.74, 6) is 1.29. The molecule has 4 rings (SSSR count). The molecule has 2 saturated carbocycles. The molecule has 2 aromatic rings. The van der Waals surface area contributed by atoms with Gasteiger partial charge in [0, 0.05) is 13.2 Å². The molecule has 0 spiro atoms. The van der Waals surface area contributed by atoms with Gasteiger partial charge in [-0.1, -0.05) is 70.0 Å². The zero-order valence-corrected chi connectivity index (χ0v) is 27.7. The molecule has 2 aromatic carbocycles. The van der Waals surface area contributed by atoms with Gasteiger partial charge in [-0.2, -0.15) is 0 Å². The summed E-state index contributed by atoms with van der Waals surface area (Å²) >= 11 is 0. The maximum Gasteiger partial charge on any atom is 0.341 e. The van der Waals surface area contributed by atoms with Crippen molar-refractivity contribution in [2.45, 2.75) is 71.1 Å². The number of hydrogen-bond donors (Lipinski definition) is 1. The Balaban J connectivity index is 1.40. The van der Waals surface area contributed by atoms with Gasteiger partial charge in [-0.3, -0.25) is 0 Å². The number of aliphatic hydroxyl groups is 1. The van der Waals surface area contributed by atoms with Crippen LogP contribution in [-0.4, -0.2) is 43.3 Å². The van der Waals surface area contributed by atoms with Gasteiger partial charge in [0.2, 0.25) is 0 Å². The molecule has 0 radical (unpaired) electrons. The van der Waals surface area contributed by atoms with Gasteiger partial charge in [-0.15, -0.1) is 0 Å². The number of aliphatic hydroxyl groups excluding tert-OH is 1. The van der Waals surface area contributed by atoms with Gasteiger partial charge >= 0.3 is 17.9 Å². The number of ether oxygens (including phenoxy) is 4. The van der Waals surface area contributed by atoms with Crippen LogP contribution in [0.15, 0.2) is 78.9 Å².